The molecule has 0 aliphatic carbocycles. The molecule has 1 heterocycles. The summed E-state index contributed by atoms with van der Waals surface area (Å²) in [5.74, 6) is -0.322. The molecule has 0 bridgehead atoms. The van der Waals surface area contributed by atoms with Gasteiger partial charge in [0.2, 0.25) is 0 Å². The summed E-state index contributed by atoms with van der Waals surface area (Å²) >= 11 is 5.55. The van der Waals surface area contributed by atoms with E-state index in [4.69, 9.17) is 15.6 Å². The van der Waals surface area contributed by atoms with Crippen LogP contribution in [-0.4, -0.2) is 17.7 Å². The molecule has 18 heavy (non-hydrogen) atoms. The van der Waals surface area contributed by atoms with Crippen molar-refractivity contribution in [1.29, 1.82) is 0 Å². The van der Waals surface area contributed by atoms with Crippen molar-refractivity contribution in [3.8, 4) is 5.75 Å². The first-order valence-corrected chi connectivity index (χ1v) is 8.00. The monoisotopic (exact) mass is 489 g/mol. The number of nitrogens with two attached hydrogens (primary N) is 1. The highest BCUT2D eigenvalue weighted by molar-refractivity contribution is 14.1. The number of benzene rings is 1. The van der Waals surface area contributed by atoms with Crippen LogP contribution < -0.4 is 10.5 Å². The molecule has 0 unspecified atom stereocenters. The molecule has 0 saturated heterocycles. The molecular weight excluding hydrogens is 480 g/mol. The maximum absolute atomic E-state index is 11.1. The van der Waals surface area contributed by atoms with Gasteiger partial charge in [-0.05, 0) is 58.2 Å². The highest BCUT2D eigenvalue weighted by Gasteiger charge is 2.22. The lowest BCUT2D eigenvalue weighted by Gasteiger charge is -2.09. The van der Waals surface area contributed by atoms with Gasteiger partial charge in [-0.3, -0.25) is 0 Å². The minimum absolute atomic E-state index is 0.172. The number of fused-ring (bicyclic) bond motifs is 1. The van der Waals surface area contributed by atoms with Gasteiger partial charge in [-0.1, -0.05) is 0 Å². The number of carboxylic acid groups (broad SMARTS) is 1. The Morgan fingerprint density at radius 3 is 2.72 bits per heavy atom. The predicted octanol–water partition coefficient (Wildman–Crippen LogP) is 3.79. The molecular formula is C11H9I2NO3S. The number of nitrogen functional groups attached to an aromatic ring is 1. The fraction of sp³-hybridized carbons (Fsp3) is 0.182. The van der Waals surface area contributed by atoms with Gasteiger partial charge in [-0.25, -0.2) is 4.79 Å². The van der Waals surface area contributed by atoms with Crippen LogP contribution in [0.2, 0.25) is 0 Å². The van der Waals surface area contributed by atoms with Gasteiger partial charge in [0.25, 0.3) is 0 Å². The fourth-order valence-corrected chi connectivity index (χ4v) is 4.85. The first kappa shape index (κ1) is 14.1. The highest BCUT2D eigenvalue weighted by atomic mass is 127. The summed E-state index contributed by atoms with van der Waals surface area (Å²) in [6, 6.07) is 1.97. The summed E-state index contributed by atoms with van der Waals surface area (Å²) in [5.41, 5.74) is 6.25. The van der Waals surface area contributed by atoms with Gasteiger partial charge >= 0.3 is 5.97 Å². The molecule has 2 aromatic rings. The normalized spacial score (nSPS) is 10.8. The molecule has 3 N–H and O–H groups in total. The van der Waals surface area contributed by atoms with Crippen molar-refractivity contribution in [1.82, 2.24) is 0 Å². The molecule has 96 valence electrons. The van der Waals surface area contributed by atoms with Crippen LogP contribution in [0.4, 0.5) is 5.69 Å². The van der Waals surface area contributed by atoms with Gasteiger partial charge in [0.05, 0.1) is 26.0 Å². The van der Waals surface area contributed by atoms with Crippen LogP contribution in [0.15, 0.2) is 6.07 Å². The molecule has 0 radical (unpaired) electrons. The number of anilines is 1. The molecule has 0 fully saturated rings. The molecule has 2 rings (SSSR count). The van der Waals surface area contributed by atoms with E-state index >= 15 is 0 Å². The molecule has 0 aliphatic heterocycles. The van der Waals surface area contributed by atoms with Crippen LogP contribution in [0.5, 0.6) is 5.75 Å². The van der Waals surface area contributed by atoms with E-state index in [2.05, 4.69) is 45.2 Å². The average Bonchev–Trinajstić information content (AvgIpc) is 2.63. The Morgan fingerprint density at radius 2 is 2.17 bits per heavy atom. The smallest absolute Gasteiger partial charge is 0.348 e. The molecule has 1 aromatic carbocycles. The largest absolute Gasteiger partial charge is 0.492 e. The van der Waals surface area contributed by atoms with E-state index in [0.717, 1.165) is 17.2 Å². The first-order chi connectivity index (χ1) is 8.47. The Bertz CT molecular complexity index is 639. The topological polar surface area (TPSA) is 72.5 Å². The number of rotatable bonds is 3. The summed E-state index contributed by atoms with van der Waals surface area (Å²) in [5, 5.41) is 9.85. The maximum Gasteiger partial charge on any atom is 0.348 e. The summed E-state index contributed by atoms with van der Waals surface area (Å²) in [6.45, 7) is 2.41. The third-order valence-electron chi connectivity index (χ3n) is 2.34. The van der Waals surface area contributed by atoms with E-state index in [1.54, 1.807) is 0 Å². The number of hydrogen-bond acceptors (Lipinski definition) is 4. The second-order valence-corrected chi connectivity index (χ2v) is 6.80. The Morgan fingerprint density at radius 1 is 1.50 bits per heavy atom. The zero-order valence-corrected chi connectivity index (χ0v) is 14.4. The van der Waals surface area contributed by atoms with Crippen molar-refractivity contribution < 1.29 is 14.6 Å². The van der Waals surface area contributed by atoms with Gasteiger partial charge in [0.15, 0.2) is 0 Å². The van der Waals surface area contributed by atoms with Crippen LogP contribution >= 0.6 is 56.5 Å². The summed E-state index contributed by atoms with van der Waals surface area (Å²) < 4.78 is 8.40. The number of ether oxygens (including phenoxy) is 1. The highest BCUT2D eigenvalue weighted by Crippen LogP contribution is 2.44. The van der Waals surface area contributed by atoms with E-state index in [-0.39, 0.29) is 4.88 Å². The standard InChI is InChI=1S/C11H9I2NO3S/c1-2-17-8-4(12)3-5(13)9-6(8)7(14)10(18-9)11(15)16/h3H,2,14H2,1H3,(H,15,16). The van der Waals surface area contributed by atoms with Crippen molar-refractivity contribution in [3.63, 3.8) is 0 Å². The first-order valence-electron chi connectivity index (χ1n) is 5.03. The van der Waals surface area contributed by atoms with Crippen molar-refractivity contribution in [2.75, 3.05) is 12.3 Å². The van der Waals surface area contributed by atoms with Crippen LogP contribution in [0, 0.1) is 7.14 Å². The summed E-state index contributed by atoms with van der Waals surface area (Å²) in [7, 11) is 0. The van der Waals surface area contributed by atoms with Crippen molar-refractivity contribution >= 4 is 78.3 Å². The number of aromatic carboxylic acids is 1. The molecule has 0 atom stereocenters. The number of hydrogen-bond donors (Lipinski definition) is 2. The van der Waals surface area contributed by atoms with Crippen LogP contribution in [-0.2, 0) is 0 Å². The van der Waals surface area contributed by atoms with Gasteiger partial charge < -0.3 is 15.6 Å². The Kier molecular flexibility index (Phi) is 4.22. The predicted molar refractivity (Wildman–Crippen MR) is 89.8 cm³/mol. The Hall–Kier alpha value is -0.290. The van der Waals surface area contributed by atoms with Gasteiger partial charge in [-0.15, -0.1) is 11.3 Å². The number of thiophene rings is 1. The lowest BCUT2D eigenvalue weighted by molar-refractivity contribution is 0.0703. The van der Waals surface area contributed by atoms with Gasteiger partial charge in [0.1, 0.15) is 10.6 Å². The second kappa shape index (κ2) is 5.37. The number of halogens is 2. The maximum atomic E-state index is 11.1. The van der Waals surface area contributed by atoms with Crippen molar-refractivity contribution in [2.45, 2.75) is 6.92 Å². The molecule has 0 saturated carbocycles. The minimum Gasteiger partial charge on any atom is -0.492 e. The second-order valence-electron chi connectivity index (χ2n) is 3.46. The number of carbonyl (C=O) groups is 1. The summed E-state index contributed by atoms with van der Waals surface area (Å²) in [6.07, 6.45) is 0. The lowest BCUT2D eigenvalue weighted by atomic mass is 10.2. The lowest BCUT2D eigenvalue weighted by Crippen LogP contribution is -1.99. The molecule has 1 aromatic heterocycles. The van der Waals surface area contributed by atoms with E-state index in [1.165, 1.54) is 11.3 Å². The van der Waals surface area contributed by atoms with Crippen LogP contribution in [0.25, 0.3) is 10.1 Å². The molecule has 0 amide bonds. The van der Waals surface area contributed by atoms with Gasteiger partial charge in [0, 0.05) is 3.57 Å². The SMILES string of the molecule is CCOc1c(I)cc(I)c2sc(C(=O)O)c(N)c12. The van der Waals surface area contributed by atoms with E-state index < -0.39 is 5.97 Å². The minimum atomic E-state index is -0.998. The van der Waals surface area contributed by atoms with Crippen LogP contribution in [0.3, 0.4) is 0 Å². The zero-order valence-electron chi connectivity index (χ0n) is 9.29. The molecule has 0 aliphatic rings. The zero-order chi connectivity index (χ0) is 13.4. The fourth-order valence-electron chi connectivity index (χ4n) is 1.64. The van der Waals surface area contributed by atoms with E-state index in [1.807, 2.05) is 13.0 Å². The molecule has 4 nitrogen and oxygen atoms in total. The Labute approximate surface area is 135 Å². The number of carboxylic acids is 1. The van der Waals surface area contributed by atoms with Crippen molar-refractivity contribution in [3.05, 3.63) is 18.1 Å². The quantitative estimate of drug-likeness (QED) is 0.645. The Balaban J connectivity index is 2.87. The van der Waals surface area contributed by atoms with Gasteiger partial charge in [-0.2, -0.15) is 0 Å². The molecule has 7 heteroatoms. The van der Waals surface area contributed by atoms with Crippen LogP contribution in [0.1, 0.15) is 16.6 Å². The van der Waals surface area contributed by atoms with Crippen molar-refractivity contribution in [2.24, 2.45) is 0 Å². The summed E-state index contributed by atoms with van der Waals surface area (Å²) in [4.78, 5) is 11.3. The average molecular weight is 489 g/mol. The van der Waals surface area contributed by atoms with E-state index in [0.29, 0.717) is 18.0 Å². The molecule has 0 spiro atoms. The third-order valence-corrected chi connectivity index (χ3v) is 5.59. The van der Waals surface area contributed by atoms with E-state index in [9.17, 15) is 4.79 Å². The third kappa shape index (κ3) is 2.27.